The molecule has 3 nitrogen and oxygen atoms in total. The maximum Gasteiger partial charge on any atom is 0.167 e. The van der Waals surface area contributed by atoms with Gasteiger partial charge in [-0.2, -0.15) is 0 Å². The van der Waals surface area contributed by atoms with Crippen molar-refractivity contribution in [3.05, 3.63) is 93.9 Å². The molecule has 1 aliphatic heterocycles. The highest BCUT2D eigenvalue weighted by molar-refractivity contribution is 7.09. The van der Waals surface area contributed by atoms with E-state index in [1.807, 2.05) is 30.3 Å². The molecular weight excluding hydrogens is 376 g/mol. The van der Waals surface area contributed by atoms with Crippen molar-refractivity contribution in [3.8, 4) is 0 Å². The number of carbonyl (C=O) groups excluding carboxylic acids is 1. The van der Waals surface area contributed by atoms with Crippen LogP contribution in [0, 0.1) is 5.41 Å². The van der Waals surface area contributed by atoms with Crippen LogP contribution in [0.15, 0.2) is 77.8 Å². The molecule has 1 atom stereocenters. The predicted molar refractivity (Wildman–Crippen MR) is 120 cm³/mol. The van der Waals surface area contributed by atoms with Crippen molar-refractivity contribution in [1.29, 1.82) is 0 Å². The lowest BCUT2D eigenvalue weighted by atomic mass is 9.74. The third-order valence-corrected chi connectivity index (χ3v) is 6.40. The second-order valence-corrected chi connectivity index (χ2v) is 9.21. The number of thiophene rings is 1. The molecule has 2 aromatic heterocycles. The van der Waals surface area contributed by atoms with Crippen molar-refractivity contribution >= 4 is 23.2 Å². The average Bonchev–Trinajstić information content (AvgIpc) is 3.25. The molecule has 4 rings (SSSR count). The summed E-state index contributed by atoms with van der Waals surface area (Å²) in [6.07, 6.45) is 4.75. The monoisotopic (exact) mass is 402 g/mol. The first-order valence-electron chi connectivity index (χ1n) is 10.0. The molecule has 0 radical (unpaired) electrons. The number of nitrogens with zero attached hydrogens (tertiary/aromatic N) is 2. The number of carbonyl (C=O) groups is 1. The van der Waals surface area contributed by atoms with Gasteiger partial charge in [-0.1, -0.05) is 56.3 Å². The van der Waals surface area contributed by atoms with Gasteiger partial charge in [-0.3, -0.25) is 14.7 Å². The van der Waals surface area contributed by atoms with Crippen molar-refractivity contribution in [1.82, 2.24) is 9.88 Å². The third-order valence-electron chi connectivity index (χ3n) is 5.47. The molecule has 0 spiro atoms. The highest BCUT2D eigenvalue weighted by atomic mass is 32.1. The smallest absolute Gasteiger partial charge is 0.167 e. The van der Waals surface area contributed by atoms with E-state index in [9.17, 15) is 4.79 Å². The van der Waals surface area contributed by atoms with Crippen molar-refractivity contribution in [2.75, 3.05) is 13.1 Å². The highest BCUT2D eigenvalue weighted by Gasteiger charge is 2.43. The van der Waals surface area contributed by atoms with Crippen LogP contribution in [0.5, 0.6) is 0 Å². The molecule has 29 heavy (non-hydrogen) atoms. The maximum atomic E-state index is 13.5. The molecule has 0 aliphatic carbocycles. The van der Waals surface area contributed by atoms with Gasteiger partial charge in [0.25, 0.3) is 0 Å². The van der Waals surface area contributed by atoms with E-state index in [0.29, 0.717) is 0 Å². The summed E-state index contributed by atoms with van der Waals surface area (Å²) in [7, 11) is 0. The first kappa shape index (κ1) is 19.7. The normalized spacial score (nSPS) is 20.8. The Balaban J connectivity index is 1.76. The average molecular weight is 403 g/mol. The molecule has 0 N–H and O–H groups in total. The van der Waals surface area contributed by atoms with Gasteiger partial charge in [0.15, 0.2) is 5.78 Å². The van der Waals surface area contributed by atoms with Gasteiger partial charge in [0.05, 0.1) is 11.7 Å². The molecule has 3 heterocycles. The Morgan fingerprint density at radius 1 is 1.10 bits per heavy atom. The van der Waals surface area contributed by atoms with Crippen LogP contribution in [0.3, 0.4) is 0 Å². The van der Waals surface area contributed by atoms with E-state index in [1.54, 1.807) is 17.5 Å². The Morgan fingerprint density at radius 2 is 1.90 bits per heavy atom. The number of rotatable bonds is 5. The van der Waals surface area contributed by atoms with Crippen LogP contribution in [-0.2, 0) is 11.2 Å². The Kier molecular flexibility index (Phi) is 5.74. The fourth-order valence-corrected chi connectivity index (χ4v) is 4.79. The predicted octanol–water partition coefficient (Wildman–Crippen LogP) is 5.42. The Morgan fingerprint density at radius 3 is 2.59 bits per heavy atom. The number of piperidine rings is 1. The van der Waals surface area contributed by atoms with E-state index >= 15 is 0 Å². The van der Waals surface area contributed by atoms with Crippen LogP contribution < -0.4 is 0 Å². The zero-order valence-electron chi connectivity index (χ0n) is 16.9. The van der Waals surface area contributed by atoms with Crippen molar-refractivity contribution in [2.45, 2.75) is 26.3 Å². The number of aromatic nitrogens is 1. The molecule has 0 bridgehead atoms. The molecule has 1 aromatic carbocycles. The van der Waals surface area contributed by atoms with Gasteiger partial charge in [0, 0.05) is 35.2 Å². The second kappa shape index (κ2) is 8.44. The van der Waals surface area contributed by atoms with E-state index < -0.39 is 5.41 Å². The number of ketones is 1. The van der Waals surface area contributed by atoms with Crippen LogP contribution in [-0.4, -0.2) is 28.8 Å². The van der Waals surface area contributed by atoms with E-state index in [-0.39, 0.29) is 11.8 Å². The molecule has 4 heteroatoms. The van der Waals surface area contributed by atoms with Crippen molar-refractivity contribution < 1.29 is 4.79 Å². The largest absolute Gasteiger partial charge is 0.294 e. The fraction of sp³-hybridized carbons (Fsp3) is 0.280. The van der Waals surface area contributed by atoms with Crippen molar-refractivity contribution in [3.63, 3.8) is 0 Å². The van der Waals surface area contributed by atoms with E-state index in [0.717, 1.165) is 36.3 Å². The van der Waals surface area contributed by atoms with Crippen LogP contribution in [0.4, 0.5) is 0 Å². The minimum absolute atomic E-state index is 0.0568. The maximum absolute atomic E-state index is 13.5. The van der Waals surface area contributed by atoms with E-state index in [4.69, 9.17) is 0 Å². The number of benzene rings is 1. The SMILES string of the molecule is CC1(C)CN(CCc2cccs2)C(c2ccccc2)C(=Cc2ccccn2)C1=O. The molecule has 3 aromatic rings. The standard InChI is InChI=1S/C25H26N2OS/c1-25(2)18-27(15-13-21-12-8-16-29-21)23(19-9-4-3-5-10-19)22(24(25)28)17-20-11-6-7-14-26-20/h3-12,14,16-17,23H,13,15,18H2,1-2H3. The molecule has 1 saturated heterocycles. The summed E-state index contributed by atoms with van der Waals surface area (Å²) in [5, 5.41) is 2.13. The van der Waals surface area contributed by atoms with Crippen LogP contribution in [0.1, 0.15) is 36.0 Å². The van der Waals surface area contributed by atoms with E-state index in [2.05, 4.69) is 65.5 Å². The molecule has 1 aliphatic rings. The molecule has 0 saturated carbocycles. The van der Waals surface area contributed by atoms with Gasteiger partial charge in [-0.25, -0.2) is 0 Å². The summed E-state index contributed by atoms with van der Waals surface area (Å²) in [6.45, 7) is 5.77. The van der Waals surface area contributed by atoms with Gasteiger partial charge in [0.1, 0.15) is 0 Å². The van der Waals surface area contributed by atoms with Gasteiger partial charge in [0.2, 0.25) is 0 Å². The number of Topliss-reactive ketones (excluding diaryl/α,β-unsaturated/α-hetero) is 1. The molecule has 148 valence electrons. The first-order valence-corrected chi connectivity index (χ1v) is 10.9. The lowest BCUT2D eigenvalue weighted by Gasteiger charge is -2.44. The Bertz CT molecular complexity index is 978. The van der Waals surface area contributed by atoms with Crippen LogP contribution in [0.25, 0.3) is 6.08 Å². The topological polar surface area (TPSA) is 33.2 Å². The van der Waals surface area contributed by atoms with Crippen molar-refractivity contribution in [2.24, 2.45) is 5.41 Å². The summed E-state index contributed by atoms with van der Waals surface area (Å²) < 4.78 is 0. The van der Waals surface area contributed by atoms with Gasteiger partial charge in [-0.15, -0.1) is 11.3 Å². The quantitative estimate of drug-likeness (QED) is 0.534. The number of hydrogen-bond donors (Lipinski definition) is 0. The summed E-state index contributed by atoms with van der Waals surface area (Å²) in [5.74, 6) is 0.212. The second-order valence-electron chi connectivity index (χ2n) is 8.18. The fourth-order valence-electron chi connectivity index (χ4n) is 4.09. The summed E-state index contributed by atoms with van der Waals surface area (Å²) in [6, 6.07) is 20.4. The third kappa shape index (κ3) is 4.39. The first-order chi connectivity index (χ1) is 14.0. The van der Waals surface area contributed by atoms with E-state index in [1.165, 1.54) is 4.88 Å². The molecular formula is C25H26N2OS. The van der Waals surface area contributed by atoms with Gasteiger partial charge in [-0.05, 0) is 41.6 Å². The number of pyridine rings is 1. The lowest BCUT2D eigenvalue weighted by Crippen LogP contribution is -2.49. The molecule has 0 amide bonds. The Labute approximate surface area is 176 Å². The summed E-state index contributed by atoms with van der Waals surface area (Å²) in [4.78, 5) is 21.8. The highest BCUT2D eigenvalue weighted by Crippen LogP contribution is 2.41. The van der Waals surface area contributed by atoms with Gasteiger partial charge < -0.3 is 0 Å². The minimum atomic E-state index is -0.429. The number of likely N-dealkylation sites (tertiary alicyclic amines) is 1. The summed E-state index contributed by atoms with van der Waals surface area (Å²) >= 11 is 1.79. The minimum Gasteiger partial charge on any atom is -0.294 e. The lowest BCUT2D eigenvalue weighted by molar-refractivity contribution is -0.128. The zero-order chi connectivity index (χ0) is 20.3. The number of hydrogen-bond acceptors (Lipinski definition) is 4. The molecule has 1 fully saturated rings. The summed E-state index contributed by atoms with van der Waals surface area (Å²) in [5.41, 5.74) is 2.39. The zero-order valence-corrected chi connectivity index (χ0v) is 17.7. The Hall–Kier alpha value is -2.56. The van der Waals surface area contributed by atoms with Crippen LogP contribution in [0.2, 0.25) is 0 Å². The van der Waals surface area contributed by atoms with Crippen LogP contribution >= 0.6 is 11.3 Å². The molecule has 1 unspecified atom stereocenters. The van der Waals surface area contributed by atoms with Gasteiger partial charge >= 0.3 is 0 Å².